The van der Waals surface area contributed by atoms with E-state index in [0.29, 0.717) is 35.9 Å². The Morgan fingerprint density at radius 2 is 2.03 bits per heavy atom. The summed E-state index contributed by atoms with van der Waals surface area (Å²) in [4.78, 5) is 12.7. The number of carbonyl (C=O) groups is 1. The summed E-state index contributed by atoms with van der Waals surface area (Å²) in [6.45, 7) is 0.589. The molecular formula is C22H15N3O4. The van der Waals surface area contributed by atoms with Crippen LogP contribution in [0, 0.1) is 22.7 Å². The van der Waals surface area contributed by atoms with Crippen LogP contribution >= 0.6 is 0 Å². The third kappa shape index (κ3) is 3.05. The summed E-state index contributed by atoms with van der Waals surface area (Å²) in [5.74, 6) is -1.000. The van der Waals surface area contributed by atoms with E-state index < -0.39 is 5.78 Å². The maximum absolute atomic E-state index is 12.7. The topological polar surface area (TPSA) is 119 Å². The molecule has 4 rings (SSSR count). The smallest absolute Gasteiger partial charge is 0.235 e. The summed E-state index contributed by atoms with van der Waals surface area (Å²) < 4.78 is 7.51. The highest BCUT2D eigenvalue weighted by Gasteiger charge is 2.31. The Labute approximate surface area is 165 Å². The molecule has 2 N–H and O–H groups in total. The number of aryl methyl sites for hydroxylation is 1. The molecule has 3 aromatic rings. The van der Waals surface area contributed by atoms with Crippen molar-refractivity contribution >= 4 is 22.8 Å². The number of hydrogen-bond acceptors (Lipinski definition) is 6. The normalized spacial score (nSPS) is 13.9. The molecule has 0 saturated carbocycles. The predicted octanol–water partition coefficient (Wildman–Crippen LogP) is 3.84. The minimum Gasteiger partial charge on any atom is -0.508 e. The second kappa shape index (κ2) is 7.06. The predicted molar refractivity (Wildman–Crippen MR) is 104 cm³/mol. The van der Waals surface area contributed by atoms with Crippen molar-refractivity contribution in [3.8, 4) is 29.4 Å². The number of benzene rings is 2. The van der Waals surface area contributed by atoms with Gasteiger partial charge in [-0.15, -0.1) is 0 Å². The molecule has 0 amide bonds. The SMILES string of the molecule is N#CCCCn1cc(/C=C2/Oc3cc(O)cc(O)c3C2=O)c2c(C#N)cccc21. The zero-order valence-corrected chi connectivity index (χ0v) is 15.2. The largest absolute Gasteiger partial charge is 0.508 e. The molecule has 2 heterocycles. The number of rotatable bonds is 4. The van der Waals surface area contributed by atoms with Crippen LogP contribution in [0.15, 0.2) is 42.3 Å². The standard InChI is InChI=1S/C22H15N3O4/c23-6-1-2-7-25-12-14(20-13(11-24)4-3-5-16(20)25)8-19-22(28)21-17(27)9-15(26)10-18(21)29-19/h3-5,8-10,12,26-27H,1-2,7H2/b19-8+. The highest BCUT2D eigenvalue weighted by molar-refractivity contribution is 6.17. The fourth-order valence-electron chi connectivity index (χ4n) is 3.52. The number of aromatic hydroxyl groups is 2. The first-order chi connectivity index (χ1) is 14.0. The van der Waals surface area contributed by atoms with E-state index in [0.717, 1.165) is 11.6 Å². The van der Waals surface area contributed by atoms with Crippen molar-refractivity contribution < 1.29 is 19.7 Å². The zero-order chi connectivity index (χ0) is 20.5. The van der Waals surface area contributed by atoms with Gasteiger partial charge in [-0.1, -0.05) is 6.07 Å². The second-order valence-electron chi connectivity index (χ2n) is 6.63. The van der Waals surface area contributed by atoms with Gasteiger partial charge in [0.05, 0.1) is 17.7 Å². The molecule has 142 valence electrons. The Balaban J connectivity index is 1.83. The highest BCUT2D eigenvalue weighted by Crippen LogP contribution is 2.41. The number of phenolic OH excluding ortho intramolecular Hbond substituents is 2. The fraction of sp³-hybridized carbons (Fsp3) is 0.136. The molecule has 0 bridgehead atoms. The van der Waals surface area contributed by atoms with Gasteiger partial charge in [0.2, 0.25) is 5.78 Å². The van der Waals surface area contributed by atoms with Crippen LogP contribution in [0.25, 0.3) is 17.0 Å². The number of ether oxygens (including phenoxy) is 1. The first-order valence-electron chi connectivity index (χ1n) is 8.92. The van der Waals surface area contributed by atoms with Crippen LogP contribution < -0.4 is 4.74 Å². The van der Waals surface area contributed by atoms with Gasteiger partial charge in [-0.25, -0.2) is 0 Å². The third-order valence-corrected chi connectivity index (χ3v) is 4.77. The lowest BCUT2D eigenvalue weighted by Crippen LogP contribution is -1.98. The van der Waals surface area contributed by atoms with Crippen LogP contribution in [0.4, 0.5) is 0 Å². The quantitative estimate of drug-likeness (QED) is 0.520. The van der Waals surface area contributed by atoms with E-state index >= 15 is 0 Å². The molecule has 1 aromatic heterocycles. The van der Waals surface area contributed by atoms with Gasteiger partial charge >= 0.3 is 0 Å². The van der Waals surface area contributed by atoms with E-state index in [-0.39, 0.29) is 28.6 Å². The van der Waals surface area contributed by atoms with E-state index in [4.69, 9.17) is 10.00 Å². The molecule has 1 aliphatic heterocycles. The summed E-state index contributed by atoms with van der Waals surface area (Å²) in [5.41, 5.74) is 1.88. The van der Waals surface area contributed by atoms with Crippen molar-refractivity contribution in [3.05, 3.63) is 59.0 Å². The van der Waals surface area contributed by atoms with Gasteiger partial charge in [-0.3, -0.25) is 4.79 Å². The molecule has 0 radical (unpaired) electrons. The summed E-state index contributed by atoms with van der Waals surface area (Å²) >= 11 is 0. The van der Waals surface area contributed by atoms with Gasteiger partial charge < -0.3 is 19.5 Å². The Morgan fingerprint density at radius 1 is 1.21 bits per heavy atom. The van der Waals surface area contributed by atoms with E-state index in [1.165, 1.54) is 12.1 Å². The van der Waals surface area contributed by atoms with Crippen LogP contribution in [-0.2, 0) is 6.54 Å². The summed E-state index contributed by atoms with van der Waals surface area (Å²) in [6.07, 6.45) is 4.41. The number of allylic oxidation sites excluding steroid dienone is 1. The van der Waals surface area contributed by atoms with E-state index in [1.807, 2.05) is 16.8 Å². The fourth-order valence-corrected chi connectivity index (χ4v) is 3.52. The number of fused-ring (bicyclic) bond motifs is 2. The van der Waals surface area contributed by atoms with Gasteiger partial charge in [0.25, 0.3) is 0 Å². The number of phenols is 2. The van der Waals surface area contributed by atoms with E-state index in [9.17, 15) is 20.3 Å². The van der Waals surface area contributed by atoms with Crippen LogP contribution in [0.3, 0.4) is 0 Å². The van der Waals surface area contributed by atoms with Crippen LogP contribution in [0.1, 0.15) is 34.3 Å². The number of nitriles is 2. The minimum absolute atomic E-state index is 0.00712. The maximum atomic E-state index is 12.7. The molecule has 1 aliphatic rings. The van der Waals surface area contributed by atoms with Crippen LogP contribution in [0.2, 0.25) is 0 Å². The molecule has 2 aromatic carbocycles. The molecule has 7 heteroatoms. The third-order valence-electron chi connectivity index (χ3n) is 4.77. The van der Waals surface area contributed by atoms with Crippen LogP contribution in [0.5, 0.6) is 17.2 Å². The number of nitrogens with zero attached hydrogens (tertiary/aromatic N) is 3. The van der Waals surface area contributed by atoms with E-state index in [2.05, 4.69) is 12.1 Å². The average molecular weight is 385 g/mol. The number of carbonyl (C=O) groups excluding carboxylic acids is 1. The number of ketones is 1. The number of Topliss-reactive ketones (excluding diaryl/α,β-unsaturated/α-hetero) is 1. The van der Waals surface area contributed by atoms with Crippen molar-refractivity contribution in [1.29, 1.82) is 10.5 Å². The van der Waals surface area contributed by atoms with Gasteiger partial charge in [0.1, 0.15) is 22.8 Å². The maximum Gasteiger partial charge on any atom is 0.235 e. The van der Waals surface area contributed by atoms with Crippen molar-refractivity contribution in [3.63, 3.8) is 0 Å². The monoisotopic (exact) mass is 385 g/mol. The Hall–Kier alpha value is -4.23. The highest BCUT2D eigenvalue weighted by atomic mass is 16.5. The zero-order valence-electron chi connectivity index (χ0n) is 15.2. The number of unbranched alkanes of at least 4 members (excludes halogenated alkanes) is 1. The Kier molecular flexibility index (Phi) is 4.42. The second-order valence-corrected chi connectivity index (χ2v) is 6.63. The molecule has 0 unspecified atom stereocenters. The first kappa shape index (κ1) is 18.1. The van der Waals surface area contributed by atoms with Crippen molar-refractivity contribution in [2.45, 2.75) is 19.4 Å². The number of aromatic nitrogens is 1. The van der Waals surface area contributed by atoms with Gasteiger partial charge in [-0.2, -0.15) is 10.5 Å². The van der Waals surface area contributed by atoms with Gasteiger partial charge in [-0.05, 0) is 24.6 Å². The van der Waals surface area contributed by atoms with Crippen molar-refractivity contribution in [2.24, 2.45) is 0 Å². The molecule has 0 atom stereocenters. The molecule has 29 heavy (non-hydrogen) atoms. The van der Waals surface area contributed by atoms with Crippen molar-refractivity contribution in [1.82, 2.24) is 4.57 Å². The first-order valence-corrected chi connectivity index (χ1v) is 8.92. The van der Waals surface area contributed by atoms with E-state index in [1.54, 1.807) is 12.1 Å². The average Bonchev–Trinajstić information content (AvgIpc) is 3.20. The lowest BCUT2D eigenvalue weighted by molar-refractivity contribution is 0.101. The van der Waals surface area contributed by atoms with Crippen LogP contribution in [-0.4, -0.2) is 20.6 Å². The molecular weight excluding hydrogens is 370 g/mol. The minimum atomic E-state index is -0.502. The Bertz CT molecular complexity index is 1270. The molecule has 0 saturated heterocycles. The lowest BCUT2D eigenvalue weighted by Gasteiger charge is -2.03. The molecule has 0 aliphatic carbocycles. The van der Waals surface area contributed by atoms with Crippen molar-refractivity contribution in [2.75, 3.05) is 0 Å². The van der Waals surface area contributed by atoms with Gasteiger partial charge in [0.15, 0.2) is 5.76 Å². The Morgan fingerprint density at radius 3 is 2.79 bits per heavy atom. The van der Waals surface area contributed by atoms with Gasteiger partial charge in [0, 0.05) is 47.8 Å². The summed E-state index contributed by atoms with van der Waals surface area (Å²) in [5, 5.41) is 38.6. The lowest BCUT2D eigenvalue weighted by atomic mass is 10.0. The summed E-state index contributed by atoms with van der Waals surface area (Å²) in [6, 6.07) is 12.0. The molecule has 7 nitrogen and oxygen atoms in total. The molecule has 0 spiro atoms. The molecule has 0 fully saturated rings. The summed E-state index contributed by atoms with van der Waals surface area (Å²) in [7, 11) is 0. The number of hydrogen-bond donors (Lipinski definition) is 2.